The van der Waals surface area contributed by atoms with Gasteiger partial charge in [0.25, 0.3) is 0 Å². The van der Waals surface area contributed by atoms with Crippen molar-refractivity contribution in [1.82, 2.24) is 9.97 Å². The molecule has 5 heteroatoms. The first-order chi connectivity index (χ1) is 6.15. The van der Waals surface area contributed by atoms with Crippen molar-refractivity contribution in [2.75, 3.05) is 0 Å². The highest BCUT2D eigenvalue weighted by atomic mass is 35.5. The Kier molecular flexibility index (Phi) is 3.90. The maximum absolute atomic E-state index is 5.84. The third-order valence-corrected chi connectivity index (χ3v) is 2.48. The molecule has 0 amide bonds. The largest absolute Gasteiger partial charge is 0.327 e. The van der Waals surface area contributed by atoms with Crippen LogP contribution in [-0.4, -0.2) is 16.0 Å². The topological polar surface area (TPSA) is 51.8 Å². The SMILES string of the molecule is CCC(N)Cc1c(Cl)ncnc1Cl. The van der Waals surface area contributed by atoms with Gasteiger partial charge < -0.3 is 5.73 Å². The lowest BCUT2D eigenvalue weighted by Gasteiger charge is -2.09. The lowest BCUT2D eigenvalue weighted by Crippen LogP contribution is -2.22. The van der Waals surface area contributed by atoms with E-state index in [9.17, 15) is 0 Å². The van der Waals surface area contributed by atoms with E-state index in [1.807, 2.05) is 6.92 Å². The van der Waals surface area contributed by atoms with Crippen LogP contribution in [0.15, 0.2) is 6.33 Å². The highest BCUT2D eigenvalue weighted by Gasteiger charge is 2.10. The van der Waals surface area contributed by atoms with Gasteiger partial charge in [0, 0.05) is 11.6 Å². The minimum absolute atomic E-state index is 0.0565. The van der Waals surface area contributed by atoms with Crippen molar-refractivity contribution < 1.29 is 0 Å². The Bertz CT molecular complexity index is 270. The van der Waals surface area contributed by atoms with Crippen LogP contribution in [0.1, 0.15) is 18.9 Å². The molecule has 1 rings (SSSR count). The molecule has 0 radical (unpaired) electrons. The molecule has 0 spiro atoms. The Morgan fingerprint density at radius 3 is 2.38 bits per heavy atom. The smallest absolute Gasteiger partial charge is 0.137 e. The van der Waals surface area contributed by atoms with E-state index in [4.69, 9.17) is 28.9 Å². The maximum atomic E-state index is 5.84. The summed E-state index contributed by atoms with van der Waals surface area (Å²) >= 11 is 11.7. The van der Waals surface area contributed by atoms with Crippen LogP contribution >= 0.6 is 23.2 Å². The summed E-state index contributed by atoms with van der Waals surface area (Å²) in [6, 6.07) is 0.0565. The Morgan fingerprint density at radius 2 is 1.92 bits per heavy atom. The summed E-state index contributed by atoms with van der Waals surface area (Å²) in [6.07, 6.45) is 2.84. The van der Waals surface area contributed by atoms with Crippen LogP contribution in [0.3, 0.4) is 0 Å². The first kappa shape index (κ1) is 10.7. The molecule has 0 aliphatic heterocycles. The highest BCUT2D eigenvalue weighted by Crippen LogP contribution is 2.21. The molecule has 0 fully saturated rings. The van der Waals surface area contributed by atoms with Gasteiger partial charge in [0.1, 0.15) is 16.6 Å². The summed E-state index contributed by atoms with van der Waals surface area (Å²) in [5, 5.41) is 0.785. The van der Waals surface area contributed by atoms with Crippen molar-refractivity contribution in [2.24, 2.45) is 5.73 Å². The van der Waals surface area contributed by atoms with Gasteiger partial charge in [-0.2, -0.15) is 0 Å². The van der Waals surface area contributed by atoms with E-state index in [-0.39, 0.29) is 6.04 Å². The minimum Gasteiger partial charge on any atom is -0.327 e. The molecule has 0 aliphatic rings. The van der Waals surface area contributed by atoms with Gasteiger partial charge in [-0.15, -0.1) is 0 Å². The summed E-state index contributed by atoms with van der Waals surface area (Å²) in [4.78, 5) is 7.68. The van der Waals surface area contributed by atoms with Crippen LogP contribution in [0.5, 0.6) is 0 Å². The van der Waals surface area contributed by atoms with Gasteiger partial charge in [-0.1, -0.05) is 30.1 Å². The lowest BCUT2D eigenvalue weighted by molar-refractivity contribution is 0.643. The maximum Gasteiger partial charge on any atom is 0.137 e. The van der Waals surface area contributed by atoms with Gasteiger partial charge >= 0.3 is 0 Å². The number of hydrogen-bond acceptors (Lipinski definition) is 3. The van der Waals surface area contributed by atoms with Crippen LogP contribution in [0.25, 0.3) is 0 Å². The Morgan fingerprint density at radius 1 is 1.38 bits per heavy atom. The van der Waals surface area contributed by atoms with Gasteiger partial charge in [0.15, 0.2) is 0 Å². The summed E-state index contributed by atoms with van der Waals surface area (Å²) < 4.78 is 0. The molecule has 13 heavy (non-hydrogen) atoms. The average Bonchev–Trinajstić information content (AvgIpc) is 2.11. The second kappa shape index (κ2) is 4.74. The molecule has 1 aromatic heterocycles. The average molecular weight is 220 g/mol. The first-order valence-electron chi connectivity index (χ1n) is 4.05. The summed E-state index contributed by atoms with van der Waals surface area (Å²) in [7, 11) is 0. The number of rotatable bonds is 3. The normalized spacial score (nSPS) is 12.9. The van der Waals surface area contributed by atoms with E-state index in [1.165, 1.54) is 6.33 Å². The molecule has 1 aromatic rings. The van der Waals surface area contributed by atoms with E-state index in [2.05, 4.69) is 9.97 Å². The fourth-order valence-electron chi connectivity index (χ4n) is 0.946. The number of hydrogen-bond donors (Lipinski definition) is 1. The molecule has 1 unspecified atom stereocenters. The second-order valence-corrected chi connectivity index (χ2v) is 3.52. The molecule has 2 N–H and O–H groups in total. The van der Waals surface area contributed by atoms with Crippen LogP contribution in [0.4, 0.5) is 0 Å². The molecule has 0 bridgehead atoms. The van der Waals surface area contributed by atoms with Crippen LogP contribution in [0.2, 0.25) is 10.3 Å². The van der Waals surface area contributed by atoms with Crippen LogP contribution in [-0.2, 0) is 6.42 Å². The highest BCUT2D eigenvalue weighted by molar-refractivity contribution is 6.34. The molecular weight excluding hydrogens is 209 g/mol. The van der Waals surface area contributed by atoms with Crippen molar-refractivity contribution in [3.8, 4) is 0 Å². The molecule has 1 atom stereocenters. The van der Waals surface area contributed by atoms with Crippen molar-refractivity contribution in [1.29, 1.82) is 0 Å². The first-order valence-corrected chi connectivity index (χ1v) is 4.81. The monoisotopic (exact) mass is 219 g/mol. The number of nitrogens with zero attached hydrogens (tertiary/aromatic N) is 2. The van der Waals surface area contributed by atoms with Crippen molar-refractivity contribution >= 4 is 23.2 Å². The van der Waals surface area contributed by atoms with E-state index >= 15 is 0 Å². The Balaban J connectivity index is 2.87. The van der Waals surface area contributed by atoms with Crippen molar-refractivity contribution in [3.05, 3.63) is 22.2 Å². The molecule has 1 heterocycles. The predicted molar refractivity (Wildman–Crippen MR) is 54.0 cm³/mol. The van der Waals surface area contributed by atoms with Gasteiger partial charge in [0.05, 0.1) is 0 Å². The van der Waals surface area contributed by atoms with E-state index in [0.29, 0.717) is 16.7 Å². The Labute approximate surface area is 87.3 Å². The van der Waals surface area contributed by atoms with Crippen molar-refractivity contribution in [3.63, 3.8) is 0 Å². The van der Waals surface area contributed by atoms with Crippen molar-refractivity contribution in [2.45, 2.75) is 25.8 Å². The predicted octanol–water partition coefficient (Wildman–Crippen LogP) is 2.06. The molecule has 0 saturated heterocycles. The fourth-order valence-corrected chi connectivity index (χ4v) is 1.42. The molecule has 0 aliphatic carbocycles. The zero-order valence-electron chi connectivity index (χ0n) is 7.30. The van der Waals surface area contributed by atoms with Gasteiger partial charge in [-0.25, -0.2) is 9.97 Å². The second-order valence-electron chi connectivity index (χ2n) is 2.81. The summed E-state index contributed by atoms with van der Waals surface area (Å²) in [5.74, 6) is 0. The quantitative estimate of drug-likeness (QED) is 0.793. The van der Waals surface area contributed by atoms with E-state index < -0.39 is 0 Å². The summed E-state index contributed by atoms with van der Waals surface area (Å²) in [6.45, 7) is 2.01. The van der Waals surface area contributed by atoms with Gasteiger partial charge in [-0.05, 0) is 12.8 Å². The van der Waals surface area contributed by atoms with Gasteiger partial charge in [0.2, 0.25) is 0 Å². The number of halogens is 2. The number of nitrogens with two attached hydrogens (primary N) is 1. The molecule has 3 nitrogen and oxygen atoms in total. The molecule has 0 aromatic carbocycles. The van der Waals surface area contributed by atoms with Crippen LogP contribution in [0, 0.1) is 0 Å². The molecular formula is C8H11Cl2N3. The number of aromatic nitrogens is 2. The van der Waals surface area contributed by atoms with E-state index in [1.54, 1.807) is 0 Å². The third kappa shape index (κ3) is 2.79. The van der Waals surface area contributed by atoms with E-state index in [0.717, 1.165) is 12.0 Å². The van der Waals surface area contributed by atoms with Gasteiger partial charge in [-0.3, -0.25) is 0 Å². The standard InChI is InChI=1S/C8H11Cl2N3/c1-2-5(11)3-6-7(9)12-4-13-8(6)10/h4-5H,2-3,11H2,1H3. The minimum atomic E-state index is 0.0565. The molecule has 72 valence electrons. The zero-order chi connectivity index (χ0) is 9.84. The zero-order valence-corrected chi connectivity index (χ0v) is 8.81. The Hall–Kier alpha value is -0.380. The summed E-state index contributed by atoms with van der Waals surface area (Å²) in [5.41, 5.74) is 6.51. The third-order valence-electron chi connectivity index (χ3n) is 1.83. The molecule has 0 saturated carbocycles. The lowest BCUT2D eigenvalue weighted by atomic mass is 10.1. The fraction of sp³-hybridized carbons (Fsp3) is 0.500. The van der Waals surface area contributed by atoms with Crippen LogP contribution < -0.4 is 5.73 Å².